The molecule has 37 heavy (non-hydrogen) atoms. The van der Waals surface area contributed by atoms with Crippen LogP contribution >= 0.6 is 0 Å². The molecule has 0 saturated heterocycles. The molecule has 0 atom stereocenters. The molecule has 0 aliphatic carbocycles. The predicted octanol–water partition coefficient (Wildman–Crippen LogP) is 5.17. The maximum Gasteiger partial charge on any atom is 0.339 e. The molecule has 4 aromatic carbocycles. The summed E-state index contributed by atoms with van der Waals surface area (Å²) in [5.41, 5.74) is 1.39. The van der Waals surface area contributed by atoms with Crippen molar-refractivity contribution in [2.45, 2.75) is 16.7 Å². The van der Waals surface area contributed by atoms with Gasteiger partial charge in [-0.1, -0.05) is 48.0 Å². The monoisotopic (exact) mass is 538 g/mol. The number of urea groups is 1. The molecule has 0 aliphatic heterocycles. The Hall–Kier alpha value is -4.35. The van der Waals surface area contributed by atoms with Crippen LogP contribution in [0.2, 0.25) is 0 Å². The van der Waals surface area contributed by atoms with Crippen molar-refractivity contribution in [3.05, 3.63) is 109 Å². The summed E-state index contributed by atoms with van der Waals surface area (Å²) in [7, 11) is -8.12. The van der Waals surface area contributed by atoms with Crippen LogP contribution in [0.25, 0.3) is 0 Å². The van der Waals surface area contributed by atoms with Crippen LogP contribution < -0.4 is 19.0 Å². The Balaban J connectivity index is 1.41. The van der Waals surface area contributed by atoms with Crippen LogP contribution in [0, 0.1) is 6.92 Å². The summed E-state index contributed by atoms with van der Waals surface area (Å²) in [6.45, 7) is 1.84. The van der Waals surface area contributed by atoms with Gasteiger partial charge in [-0.15, -0.1) is 0 Å². The van der Waals surface area contributed by atoms with Crippen LogP contribution in [-0.2, 0) is 20.2 Å². The Kier molecular flexibility index (Phi) is 7.46. The largest absolute Gasteiger partial charge is 0.379 e. The van der Waals surface area contributed by atoms with Crippen molar-refractivity contribution >= 4 is 37.6 Å². The topological polar surface area (TPSA) is 128 Å². The molecule has 4 rings (SSSR count). The Labute approximate surface area is 214 Å². The summed E-state index contributed by atoms with van der Waals surface area (Å²) in [6, 6.07) is 25.0. The lowest BCUT2D eigenvalue weighted by molar-refractivity contribution is 0.262. The molecule has 0 spiro atoms. The fraction of sp³-hybridized carbons (Fsp3) is 0.0385. The quantitative estimate of drug-likeness (QED) is 0.296. The molecule has 2 amide bonds. The predicted molar refractivity (Wildman–Crippen MR) is 139 cm³/mol. The van der Waals surface area contributed by atoms with E-state index in [9.17, 15) is 21.6 Å². The zero-order valence-electron chi connectivity index (χ0n) is 19.5. The molecule has 190 valence electrons. The Bertz CT molecular complexity index is 1600. The summed E-state index contributed by atoms with van der Waals surface area (Å²) in [4.78, 5) is 12.5. The second-order valence-corrected chi connectivity index (χ2v) is 10.9. The number of rotatable bonds is 8. The number of hydrogen-bond acceptors (Lipinski definition) is 7. The summed E-state index contributed by atoms with van der Waals surface area (Å²) < 4.78 is 60.4. The number of amides is 2. The molecule has 9 nitrogen and oxygen atoms in total. The molecule has 0 heterocycles. The zero-order chi connectivity index (χ0) is 26.5. The smallest absolute Gasteiger partial charge is 0.339 e. The van der Waals surface area contributed by atoms with Gasteiger partial charge in [0, 0.05) is 5.69 Å². The van der Waals surface area contributed by atoms with Gasteiger partial charge in [-0.2, -0.15) is 16.8 Å². The molecule has 0 aromatic heterocycles. The SMILES string of the molecule is Cc1ccc(S(=O)(=O)Oc2ccc(NC(=O)Nc3ccccc3OS(=O)(=O)c3ccccc3)cc2)cc1. The standard InChI is InChI=1S/C26H22N2O7S2/c1-19-11-17-23(18-12-19)36(30,31)34-21-15-13-20(14-16-21)27-26(29)28-24-9-5-6-10-25(24)35-37(32,33)22-7-3-2-4-8-22/h2-18H,1H3,(H2,27,28,29). The van der Waals surface area contributed by atoms with Crippen molar-refractivity contribution in [3.63, 3.8) is 0 Å². The van der Waals surface area contributed by atoms with Gasteiger partial charge in [-0.05, 0) is 67.6 Å². The van der Waals surface area contributed by atoms with Crippen LogP contribution in [-0.4, -0.2) is 22.9 Å². The van der Waals surface area contributed by atoms with Crippen molar-refractivity contribution in [2.75, 3.05) is 10.6 Å². The van der Waals surface area contributed by atoms with E-state index in [-0.39, 0.29) is 27.0 Å². The first-order chi connectivity index (χ1) is 17.6. The number of aryl methyl sites for hydroxylation is 1. The fourth-order valence-corrected chi connectivity index (χ4v) is 5.05. The highest BCUT2D eigenvalue weighted by atomic mass is 32.2. The molecular weight excluding hydrogens is 516 g/mol. The highest BCUT2D eigenvalue weighted by molar-refractivity contribution is 7.87. The average molecular weight is 539 g/mol. The van der Waals surface area contributed by atoms with Gasteiger partial charge < -0.3 is 19.0 Å². The molecular formula is C26H22N2O7S2. The minimum absolute atomic E-state index is 0.0230. The van der Waals surface area contributed by atoms with Crippen LogP contribution in [0.1, 0.15) is 5.56 Å². The number of carbonyl (C=O) groups is 1. The zero-order valence-corrected chi connectivity index (χ0v) is 21.1. The van der Waals surface area contributed by atoms with Crippen LogP contribution in [0.3, 0.4) is 0 Å². The van der Waals surface area contributed by atoms with E-state index in [4.69, 9.17) is 8.37 Å². The van der Waals surface area contributed by atoms with Gasteiger partial charge in [0.25, 0.3) is 0 Å². The minimum atomic E-state index is -4.11. The lowest BCUT2D eigenvalue weighted by Crippen LogP contribution is -2.20. The third-order valence-corrected chi connectivity index (χ3v) is 7.50. The van der Waals surface area contributed by atoms with Gasteiger partial charge >= 0.3 is 26.3 Å². The van der Waals surface area contributed by atoms with Gasteiger partial charge in [0.2, 0.25) is 0 Å². The first kappa shape index (κ1) is 25.7. The summed E-state index contributed by atoms with van der Waals surface area (Å²) >= 11 is 0. The van der Waals surface area contributed by atoms with E-state index in [1.807, 2.05) is 6.92 Å². The third kappa shape index (κ3) is 6.66. The number of anilines is 2. The highest BCUT2D eigenvalue weighted by Crippen LogP contribution is 2.28. The first-order valence-corrected chi connectivity index (χ1v) is 13.7. The van der Waals surface area contributed by atoms with Gasteiger partial charge in [0.15, 0.2) is 5.75 Å². The summed E-state index contributed by atoms with van der Waals surface area (Å²) in [5.74, 6) is 0.00274. The summed E-state index contributed by atoms with van der Waals surface area (Å²) in [5, 5.41) is 5.13. The van der Waals surface area contributed by atoms with Crippen molar-refractivity contribution < 1.29 is 30.0 Å². The van der Waals surface area contributed by atoms with Crippen molar-refractivity contribution in [1.82, 2.24) is 0 Å². The molecule has 0 unspecified atom stereocenters. The molecule has 0 aliphatic rings. The fourth-order valence-electron chi connectivity index (χ4n) is 3.15. The molecule has 2 N–H and O–H groups in total. The number of benzene rings is 4. The highest BCUT2D eigenvalue weighted by Gasteiger charge is 2.19. The molecule has 0 fully saturated rings. The van der Waals surface area contributed by atoms with Gasteiger partial charge in [-0.3, -0.25) is 0 Å². The molecule has 11 heteroatoms. The molecule has 0 radical (unpaired) electrons. The van der Waals surface area contributed by atoms with Crippen LogP contribution in [0.4, 0.5) is 16.2 Å². The Morgan fingerprint density at radius 1 is 0.622 bits per heavy atom. The van der Waals surface area contributed by atoms with E-state index in [0.29, 0.717) is 5.69 Å². The molecule has 0 bridgehead atoms. The lowest BCUT2D eigenvalue weighted by Gasteiger charge is -2.13. The normalized spacial score (nSPS) is 11.4. The maximum atomic E-state index is 12.6. The lowest BCUT2D eigenvalue weighted by atomic mass is 10.2. The minimum Gasteiger partial charge on any atom is -0.379 e. The van der Waals surface area contributed by atoms with Gasteiger partial charge in [0.1, 0.15) is 15.5 Å². The molecule has 4 aromatic rings. The maximum absolute atomic E-state index is 12.6. The number of para-hydroxylation sites is 2. The van der Waals surface area contributed by atoms with Crippen molar-refractivity contribution in [1.29, 1.82) is 0 Å². The first-order valence-electron chi connectivity index (χ1n) is 10.9. The molecule has 0 saturated carbocycles. The summed E-state index contributed by atoms with van der Waals surface area (Å²) in [6.07, 6.45) is 0. The van der Waals surface area contributed by atoms with Gasteiger partial charge in [0.05, 0.1) is 5.69 Å². The Morgan fingerprint density at radius 2 is 1.19 bits per heavy atom. The van der Waals surface area contributed by atoms with E-state index in [0.717, 1.165) is 5.56 Å². The van der Waals surface area contributed by atoms with Crippen LogP contribution in [0.15, 0.2) is 113 Å². The van der Waals surface area contributed by atoms with Crippen LogP contribution in [0.5, 0.6) is 11.5 Å². The van der Waals surface area contributed by atoms with E-state index in [1.54, 1.807) is 42.5 Å². The number of nitrogens with one attached hydrogen (secondary N) is 2. The second kappa shape index (κ2) is 10.7. The Morgan fingerprint density at radius 3 is 1.86 bits per heavy atom. The third-order valence-electron chi connectivity index (χ3n) is 4.99. The number of carbonyl (C=O) groups excluding carboxylic acids is 1. The average Bonchev–Trinajstić information content (AvgIpc) is 2.87. The second-order valence-electron chi connectivity index (χ2n) is 7.80. The van der Waals surface area contributed by atoms with E-state index in [2.05, 4.69) is 10.6 Å². The van der Waals surface area contributed by atoms with Crippen molar-refractivity contribution in [2.24, 2.45) is 0 Å². The van der Waals surface area contributed by atoms with E-state index >= 15 is 0 Å². The number of hydrogen-bond donors (Lipinski definition) is 2. The van der Waals surface area contributed by atoms with E-state index < -0.39 is 26.3 Å². The van der Waals surface area contributed by atoms with E-state index in [1.165, 1.54) is 60.7 Å². The van der Waals surface area contributed by atoms with Crippen molar-refractivity contribution in [3.8, 4) is 11.5 Å². The van der Waals surface area contributed by atoms with Gasteiger partial charge in [-0.25, -0.2) is 4.79 Å².